The first kappa shape index (κ1) is 9.32. The lowest BCUT2D eigenvalue weighted by atomic mass is 10.0. The summed E-state index contributed by atoms with van der Waals surface area (Å²) in [5.74, 6) is 0. The normalized spacial score (nSPS) is 24.1. The number of rotatable bonds is 2. The lowest BCUT2D eigenvalue weighted by molar-refractivity contribution is 0.104. The van der Waals surface area contributed by atoms with Gasteiger partial charge in [0.2, 0.25) is 0 Å². The summed E-state index contributed by atoms with van der Waals surface area (Å²) in [6.07, 6.45) is 3.10. The van der Waals surface area contributed by atoms with Crippen molar-refractivity contribution in [2.75, 3.05) is 13.1 Å². The molecule has 4 nitrogen and oxygen atoms in total. The van der Waals surface area contributed by atoms with Crippen LogP contribution in [0.5, 0.6) is 0 Å². The van der Waals surface area contributed by atoms with Crippen LogP contribution in [0.15, 0.2) is 0 Å². The molecule has 0 saturated carbocycles. The van der Waals surface area contributed by atoms with Crippen LogP contribution in [0.3, 0.4) is 0 Å². The smallest absolute Gasteiger partial charge is 0.407 e. The number of hydrogen-bond donors (Lipinski definition) is 2. The summed E-state index contributed by atoms with van der Waals surface area (Å²) in [6, 6.07) is 0.168. The number of carboxylic acid groups (broad SMARTS) is 1. The van der Waals surface area contributed by atoms with Crippen molar-refractivity contribution in [2.24, 2.45) is 5.73 Å². The van der Waals surface area contributed by atoms with Crippen molar-refractivity contribution in [1.82, 2.24) is 4.90 Å². The Hall–Kier alpha value is -0.770. The van der Waals surface area contributed by atoms with E-state index in [0.29, 0.717) is 13.1 Å². The minimum atomic E-state index is -0.798. The highest BCUT2D eigenvalue weighted by Crippen LogP contribution is 2.18. The van der Waals surface area contributed by atoms with Gasteiger partial charge in [0.25, 0.3) is 0 Å². The van der Waals surface area contributed by atoms with Gasteiger partial charge in [-0.05, 0) is 32.2 Å². The van der Waals surface area contributed by atoms with Crippen molar-refractivity contribution in [3.8, 4) is 0 Å². The highest BCUT2D eigenvalue weighted by Gasteiger charge is 2.25. The molecule has 12 heavy (non-hydrogen) atoms. The zero-order valence-electron chi connectivity index (χ0n) is 7.20. The summed E-state index contributed by atoms with van der Waals surface area (Å²) in [7, 11) is 0. The van der Waals surface area contributed by atoms with Crippen molar-refractivity contribution in [3.05, 3.63) is 0 Å². The number of carbonyl (C=O) groups is 1. The van der Waals surface area contributed by atoms with Gasteiger partial charge in [-0.15, -0.1) is 0 Å². The van der Waals surface area contributed by atoms with E-state index in [1.165, 1.54) is 4.90 Å². The molecule has 4 heteroatoms. The Morgan fingerprint density at radius 2 is 2.33 bits per heavy atom. The van der Waals surface area contributed by atoms with Gasteiger partial charge in [0.05, 0.1) is 0 Å². The van der Waals surface area contributed by atoms with Gasteiger partial charge in [-0.1, -0.05) is 0 Å². The van der Waals surface area contributed by atoms with Gasteiger partial charge in [0.15, 0.2) is 0 Å². The number of nitrogens with two attached hydrogens (primary N) is 1. The fourth-order valence-corrected chi connectivity index (χ4v) is 1.74. The first-order valence-electron chi connectivity index (χ1n) is 4.45. The number of piperidine rings is 1. The van der Waals surface area contributed by atoms with E-state index in [9.17, 15) is 4.79 Å². The van der Waals surface area contributed by atoms with Crippen LogP contribution in [-0.4, -0.2) is 35.2 Å². The average molecular weight is 172 g/mol. The van der Waals surface area contributed by atoms with Crippen molar-refractivity contribution in [1.29, 1.82) is 0 Å². The summed E-state index contributed by atoms with van der Waals surface area (Å²) in [5.41, 5.74) is 5.40. The predicted molar refractivity (Wildman–Crippen MR) is 46.0 cm³/mol. The monoisotopic (exact) mass is 172 g/mol. The molecule has 1 aliphatic rings. The molecule has 1 saturated heterocycles. The van der Waals surface area contributed by atoms with Gasteiger partial charge in [-0.3, -0.25) is 0 Å². The van der Waals surface area contributed by atoms with Crippen molar-refractivity contribution >= 4 is 6.09 Å². The topological polar surface area (TPSA) is 66.6 Å². The quantitative estimate of drug-likeness (QED) is 0.649. The molecule has 1 atom stereocenters. The molecule has 0 bridgehead atoms. The van der Waals surface area contributed by atoms with Crippen LogP contribution in [-0.2, 0) is 0 Å². The van der Waals surface area contributed by atoms with Gasteiger partial charge in [-0.2, -0.15) is 0 Å². The van der Waals surface area contributed by atoms with Crippen LogP contribution in [0.25, 0.3) is 0 Å². The Kier molecular flexibility index (Phi) is 3.34. The molecule has 1 rings (SSSR count). The zero-order chi connectivity index (χ0) is 8.97. The second-order valence-corrected chi connectivity index (χ2v) is 3.20. The second kappa shape index (κ2) is 4.30. The molecule has 0 unspecified atom stereocenters. The lowest BCUT2D eigenvalue weighted by Crippen LogP contribution is -2.43. The van der Waals surface area contributed by atoms with Crippen LogP contribution in [0.4, 0.5) is 4.79 Å². The van der Waals surface area contributed by atoms with E-state index in [1.807, 2.05) is 0 Å². The maximum atomic E-state index is 10.7. The fraction of sp³-hybridized carbons (Fsp3) is 0.875. The summed E-state index contributed by atoms with van der Waals surface area (Å²) in [4.78, 5) is 12.2. The van der Waals surface area contributed by atoms with Crippen LogP contribution < -0.4 is 5.73 Å². The molecule has 1 aliphatic heterocycles. The maximum Gasteiger partial charge on any atom is 0.407 e. The Labute approximate surface area is 72.3 Å². The molecule has 0 aromatic heterocycles. The standard InChI is InChI=1S/C8H16N2O2/c9-5-4-7-3-1-2-6-10(7)8(11)12/h7H,1-6,9H2,(H,11,12)/t7-/m1/s1. The molecule has 3 N–H and O–H groups in total. The summed E-state index contributed by atoms with van der Waals surface area (Å²) < 4.78 is 0. The summed E-state index contributed by atoms with van der Waals surface area (Å²) >= 11 is 0. The van der Waals surface area contributed by atoms with E-state index in [4.69, 9.17) is 10.8 Å². The third-order valence-electron chi connectivity index (χ3n) is 2.37. The average Bonchev–Trinajstić information content (AvgIpc) is 2.05. The predicted octanol–water partition coefficient (Wildman–Crippen LogP) is 0.868. The Balaban J connectivity index is 2.48. The molecule has 1 fully saturated rings. The zero-order valence-corrected chi connectivity index (χ0v) is 7.20. The van der Waals surface area contributed by atoms with Crippen LogP contribution in [0, 0.1) is 0 Å². The highest BCUT2D eigenvalue weighted by molar-refractivity contribution is 5.65. The fourth-order valence-electron chi connectivity index (χ4n) is 1.74. The number of hydrogen-bond acceptors (Lipinski definition) is 2. The molecular formula is C8H16N2O2. The van der Waals surface area contributed by atoms with E-state index in [-0.39, 0.29) is 6.04 Å². The third-order valence-corrected chi connectivity index (χ3v) is 2.37. The summed E-state index contributed by atoms with van der Waals surface area (Å²) in [5, 5.41) is 8.82. The van der Waals surface area contributed by atoms with Crippen LogP contribution in [0.1, 0.15) is 25.7 Å². The maximum absolute atomic E-state index is 10.7. The highest BCUT2D eigenvalue weighted by atomic mass is 16.4. The van der Waals surface area contributed by atoms with E-state index < -0.39 is 6.09 Å². The van der Waals surface area contributed by atoms with Crippen molar-refractivity contribution < 1.29 is 9.90 Å². The summed E-state index contributed by atoms with van der Waals surface area (Å²) in [6.45, 7) is 1.26. The van der Waals surface area contributed by atoms with Crippen LogP contribution >= 0.6 is 0 Å². The molecule has 0 aliphatic carbocycles. The molecule has 0 radical (unpaired) electrons. The minimum absolute atomic E-state index is 0.168. The molecule has 0 aromatic rings. The van der Waals surface area contributed by atoms with Gasteiger partial charge >= 0.3 is 6.09 Å². The van der Waals surface area contributed by atoms with Crippen molar-refractivity contribution in [3.63, 3.8) is 0 Å². The first-order valence-corrected chi connectivity index (χ1v) is 4.45. The lowest BCUT2D eigenvalue weighted by Gasteiger charge is -2.33. The third kappa shape index (κ3) is 2.11. The molecule has 0 spiro atoms. The SMILES string of the molecule is NCC[C@H]1CCCCN1C(=O)O. The number of amides is 1. The Bertz CT molecular complexity index is 159. The van der Waals surface area contributed by atoms with Gasteiger partial charge in [-0.25, -0.2) is 4.79 Å². The minimum Gasteiger partial charge on any atom is -0.465 e. The van der Waals surface area contributed by atoms with E-state index in [0.717, 1.165) is 25.7 Å². The molecule has 70 valence electrons. The first-order chi connectivity index (χ1) is 5.75. The number of likely N-dealkylation sites (tertiary alicyclic amines) is 1. The second-order valence-electron chi connectivity index (χ2n) is 3.20. The van der Waals surface area contributed by atoms with Gasteiger partial charge in [0, 0.05) is 12.6 Å². The molecule has 1 amide bonds. The molecule has 1 heterocycles. The van der Waals surface area contributed by atoms with Gasteiger partial charge in [0.1, 0.15) is 0 Å². The van der Waals surface area contributed by atoms with E-state index in [1.54, 1.807) is 0 Å². The Morgan fingerprint density at radius 1 is 1.58 bits per heavy atom. The largest absolute Gasteiger partial charge is 0.465 e. The van der Waals surface area contributed by atoms with E-state index >= 15 is 0 Å². The Morgan fingerprint density at radius 3 is 2.92 bits per heavy atom. The molecule has 0 aromatic carbocycles. The van der Waals surface area contributed by atoms with Crippen LogP contribution in [0.2, 0.25) is 0 Å². The number of nitrogens with zero attached hydrogens (tertiary/aromatic N) is 1. The molecular weight excluding hydrogens is 156 g/mol. The van der Waals surface area contributed by atoms with E-state index in [2.05, 4.69) is 0 Å². The van der Waals surface area contributed by atoms with Crippen molar-refractivity contribution in [2.45, 2.75) is 31.7 Å². The van der Waals surface area contributed by atoms with Gasteiger partial charge < -0.3 is 15.7 Å².